The van der Waals surface area contributed by atoms with Gasteiger partial charge in [-0.25, -0.2) is 4.68 Å². The van der Waals surface area contributed by atoms with Gasteiger partial charge in [0.1, 0.15) is 0 Å². The first kappa shape index (κ1) is 18.9. The predicted molar refractivity (Wildman–Crippen MR) is 107 cm³/mol. The van der Waals surface area contributed by atoms with Crippen molar-refractivity contribution >= 4 is 5.97 Å². The molecule has 0 bridgehead atoms. The Labute approximate surface area is 159 Å². The van der Waals surface area contributed by atoms with E-state index in [-0.39, 0.29) is 6.42 Å². The van der Waals surface area contributed by atoms with E-state index in [9.17, 15) is 4.79 Å². The van der Waals surface area contributed by atoms with E-state index in [1.807, 2.05) is 53.2 Å². The van der Waals surface area contributed by atoms with Crippen LogP contribution in [0.15, 0.2) is 60.8 Å². The number of nitrogens with zero attached hydrogens (tertiary/aromatic N) is 3. The van der Waals surface area contributed by atoms with E-state index in [4.69, 9.17) is 10.2 Å². The first-order valence-corrected chi connectivity index (χ1v) is 9.20. The topological polar surface area (TPSA) is 58.4 Å². The monoisotopic (exact) mass is 363 g/mol. The molecule has 0 unspecified atom stereocenters. The zero-order valence-electron chi connectivity index (χ0n) is 15.8. The van der Waals surface area contributed by atoms with Crippen LogP contribution in [0.1, 0.15) is 24.5 Å². The zero-order chi connectivity index (χ0) is 19.2. The van der Waals surface area contributed by atoms with Gasteiger partial charge >= 0.3 is 5.97 Å². The van der Waals surface area contributed by atoms with Crippen molar-refractivity contribution in [3.05, 3.63) is 71.9 Å². The minimum Gasteiger partial charge on any atom is -0.481 e. The highest BCUT2D eigenvalue weighted by Crippen LogP contribution is 2.25. The summed E-state index contributed by atoms with van der Waals surface area (Å²) in [6.07, 6.45) is 3.17. The summed E-state index contributed by atoms with van der Waals surface area (Å²) in [5, 5.41) is 13.7. The first-order chi connectivity index (χ1) is 13.1. The lowest BCUT2D eigenvalue weighted by molar-refractivity contribution is -0.137. The number of carbonyl (C=O) groups is 1. The molecule has 0 amide bonds. The number of benzene rings is 2. The van der Waals surface area contributed by atoms with Crippen LogP contribution in [-0.4, -0.2) is 39.3 Å². The van der Waals surface area contributed by atoms with Crippen LogP contribution in [0, 0.1) is 0 Å². The minimum absolute atomic E-state index is 0.129. The number of carboxylic acids is 1. The lowest BCUT2D eigenvalue weighted by Crippen LogP contribution is -2.21. The maximum absolute atomic E-state index is 10.9. The van der Waals surface area contributed by atoms with Crippen LogP contribution in [0.25, 0.3) is 16.9 Å². The van der Waals surface area contributed by atoms with Crippen molar-refractivity contribution in [2.24, 2.45) is 0 Å². The van der Waals surface area contributed by atoms with Crippen molar-refractivity contribution in [1.29, 1.82) is 0 Å². The van der Waals surface area contributed by atoms with Crippen molar-refractivity contribution in [2.45, 2.75) is 26.3 Å². The van der Waals surface area contributed by atoms with Crippen molar-refractivity contribution in [2.75, 3.05) is 13.6 Å². The smallest absolute Gasteiger partial charge is 0.304 e. The molecule has 0 aliphatic carbocycles. The lowest BCUT2D eigenvalue weighted by atomic mass is 10.0. The Hall–Kier alpha value is -2.92. The van der Waals surface area contributed by atoms with Gasteiger partial charge in [-0.2, -0.15) is 5.10 Å². The number of hydrogen-bond donors (Lipinski definition) is 1. The van der Waals surface area contributed by atoms with Crippen LogP contribution >= 0.6 is 0 Å². The molecule has 0 aliphatic heterocycles. The van der Waals surface area contributed by atoms with Crippen LogP contribution in [-0.2, 0) is 17.8 Å². The van der Waals surface area contributed by atoms with E-state index in [0.29, 0.717) is 13.1 Å². The van der Waals surface area contributed by atoms with Gasteiger partial charge in [0.25, 0.3) is 0 Å². The maximum atomic E-state index is 10.9. The summed E-state index contributed by atoms with van der Waals surface area (Å²) < 4.78 is 1.89. The fourth-order valence-corrected chi connectivity index (χ4v) is 3.04. The van der Waals surface area contributed by atoms with Gasteiger partial charge < -0.3 is 10.0 Å². The molecule has 1 aromatic heterocycles. The molecular weight excluding hydrogens is 338 g/mol. The molecule has 0 saturated heterocycles. The molecule has 5 heteroatoms. The van der Waals surface area contributed by atoms with E-state index in [0.717, 1.165) is 28.9 Å². The number of aliphatic carboxylic acids is 1. The molecule has 2 aromatic carbocycles. The molecule has 3 aromatic rings. The molecule has 140 valence electrons. The standard InChI is InChI=1S/C22H25N3O2/c1-3-17-9-11-18(12-10-17)22-19(15-24(2)14-13-21(26)27)16-25(23-22)20-7-5-4-6-8-20/h4-12,16H,3,13-15H2,1-2H3,(H,26,27). The third kappa shape index (κ3) is 4.83. The summed E-state index contributed by atoms with van der Waals surface area (Å²) >= 11 is 0. The Morgan fingerprint density at radius 1 is 1.11 bits per heavy atom. The Bertz CT molecular complexity index is 886. The highest BCUT2D eigenvalue weighted by molar-refractivity contribution is 5.67. The van der Waals surface area contributed by atoms with Crippen molar-refractivity contribution in [3.8, 4) is 16.9 Å². The highest BCUT2D eigenvalue weighted by Gasteiger charge is 2.14. The van der Waals surface area contributed by atoms with Crippen LogP contribution in [0.2, 0.25) is 0 Å². The van der Waals surface area contributed by atoms with Gasteiger partial charge in [-0.15, -0.1) is 0 Å². The van der Waals surface area contributed by atoms with Gasteiger partial charge in [0.15, 0.2) is 0 Å². The SMILES string of the molecule is CCc1ccc(-c2nn(-c3ccccc3)cc2CN(C)CCC(=O)O)cc1. The van der Waals surface area contributed by atoms with Crippen LogP contribution < -0.4 is 0 Å². The molecule has 3 rings (SSSR count). The number of rotatable bonds is 8. The summed E-state index contributed by atoms with van der Waals surface area (Å²) in [5.41, 5.74) is 5.38. The quantitative estimate of drug-likeness (QED) is 0.657. The second kappa shape index (κ2) is 8.64. The molecule has 1 heterocycles. The number of aryl methyl sites for hydroxylation is 1. The second-order valence-electron chi connectivity index (χ2n) is 6.72. The van der Waals surface area contributed by atoms with Gasteiger partial charge in [-0.1, -0.05) is 49.4 Å². The summed E-state index contributed by atoms with van der Waals surface area (Å²) in [7, 11) is 1.94. The maximum Gasteiger partial charge on any atom is 0.304 e. The first-order valence-electron chi connectivity index (χ1n) is 9.20. The van der Waals surface area contributed by atoms with Crippen LogP contribution in [0.3, 0.4) is 0 Å². The molecule has 27 heavy (non-hydrogen) atoms. The molecule has 0 atom stereocenters. The average molecular weight is 363 g/mol. The number of carboxylic acid groups (broad SMARTS) is 1. The highest BCUT2D eigenvalue weighted by atomic mass is 16.4. The Morgan fingerprint density at radius 2 is 1.81 bits per heavy atom. The van der Waals surface area contributed by atoms with Gasteiger partial charge in [-0.3, -0.25) is 4.79 Å². The van der Waals surface area contributed by atoms with Gasteiger partial charge in [0.05, 0.1) is 17.8 Å². The van der Waals surface area contributed by atoms with Gasteiger partial charge in [-0.05, 0) is 31.2 Å². The third-order valence-corrected chi connectivity index (χ3v) is 4.59. The minimum atomic E-state index is -0.780. The molecule has 0 spiro atoms. The third-order valence-electron chi connectivity index (χ3n) is 4.59. The molecular formula is C22H25N3O2. The number of para-hydroxylation sites is 1. The van der Waals surface area contributed by atoms with Gasteiger partial charge in [0, 0.05) is 30.4 Å². The molecule has 0 saturated carbocycles. The van der Waals surface area contributed by atoms with E-state index in [2.05, 4.69) is 31.2 Å². The summed E-state index contributed by atoms with van der Waals surface area (Å²) in [4.78, 5) is 12.9. The van der Waals surface area contributed by atoms with Crippen molar-refractivity contribution < 1.29 is 9.90 Å². The number of aromatic nitrogens is 2. The normalized spacial score (nSPS) is 11.1. The molecule has 5 nitrogen and oxygen atoms in total. The van der Waals surface area contributed by atoms with Crippen molar-refractivity contribution in [1.82, 2.24) is 14.7 Å². The summed E-state index contributed by atoms with van der Waals surface area (Å²) in [5.74, 6) is -0.780. The van der Waals surface area contributed by atoms with E-state index in [1.165, 1.54) is 5.56 Å². The molecule has 0 radical (unpaired) electrons. The molecule has 0 aliphatic rings. The fourth-order valence-electron chi connectivity index (χ4n) is 3.04. The number of hydrogen-bond acceptors (Lipinski definition) is 3. The summed E-state index contributed by atoms with van der Waals surface area (Å²) in [6, 6.07) is 18.5. The van der Waals surface area contributed by atoms with E-state index >= 15 is 0 Å². The molecule has 0 fully saturated rings. The largest absolute Gasteiger partial charge is 0.481 e. The summed E-state index contributed by atoms with van der Waals surface area (Å²) in [6.45, 7) is 3.28. The molecule has 1 N–H and O–H groups in total. The zero-order valence-corrected chi connectivity index (χ0v) is 15.8. The van der Waals surface area contributed by atoms with E-state index in [1.54, 1.807) is 0 Å². The van der Waals surface area contributed by atoms with Crippen LogP contribution in [0.5, 0.6) is 0 Å². The van der Waals surface area contributed by atoms with Crippen molar-refractivity contribution in [3.63, 3.8) is 0 Å². The van der Waals surface area contributed by atoms with Gasteiger partial charge in [0.2, 0.25) is 0 Å². The lowest BCUT2D eigenvalue weighted by Gasteiger charge is -2.15. The fraction of sp³-hybridized carbons (Fsp3) is 0.273. The Morgan fingerprint density at radius 3 is 2.44 bits per heavy atom. The Balaban J connectivity index is 1.93. The average Bonchev–Trinajstić information content (AvgIpc) is 3.11. The Kier molecular flexibility index (Phi) is 6.04. The van der Waals surface area contributed by atoms with Crippen LogP contribution in [0.4, 0.5) is 0 Å². The predicted octanol–water partition coefficient (Wildman–Crippen LogP) is 4.01. The second-order valence-corrected chi connectivity index (χ2v) is 6.72. The van der Waals surface area contributed by atoms with E-state index < -0.39 is 5.97 Å².